The van der Waals surface area contributed by atoms with Gasteiger partial charge >= 0.3 is 0 Å². The molecule has 3 heteroatoms. The van der Waals surface area contributed by atoms with Gasteiger partial charge in [-0.2, -0.15) is 0 Å². The Morgan fingerprint density at radius 3 is 2.63 bits per heavy atom. The van der Waals surface area contributed by atoms with Crippen LogP contribution >= 0.6 is 0 Å². The topological polar surface area (TPSA) is 29.9 Å². The van der Waals surface area contributed by atoms with Gasteiger partial charge in [-0.15, -0.1) is 0 Å². The van der Waals surface area contributed by atoms with E-state index in [1.54, 1.807) is 0 Å². The van der Waals surface area contributed by atoms with E-state index < -0.39 is 0 Å². The SMILES string of the molecule is CCCCn1ccnc1NCC1CCC(CC)CC1. The van der Waals surface area contributed by atoms with Gasteiger partial charge in [0, 0.05) is 25.5 Å². The van der Waals surface area contributed by atoms with Crippen LogP contribution in [0.25, 0.3) is 0 Å². The minimum Gasteiger partial charge on any atom is -0.355 e. The fourth-order valence-corrected chi connectivity index (χ4v) is 3.06. The second-order valence-electron chi connectivity index (χ2n) is 5.97. The molecule has 0 amide bonds. The Kier molecular flexibility index (Phi) is 5.74. The van der Waals surface area contributed by atoms with Crippen molar-refractivity contribution >= 4 is 5.95 Å². The maximum Gasteiger partial charge on any atom is 0.202 e. The summed E-state index contributed by atoms with van der Waals surface area (Å²) >= 11 is 0. The lowest BCUT2D eigenvalue weighted by molar-refractivity contribution is 0.278. The molecule has 108 valence electrons. The Labute approximate surface area is 117 Å². The van der Waals surface area contributed by atoms with Crippen LogP contribution < -0.4 is 5.32 Å². The van der Waals surface area contributed by atoms with Gasteiger partial charge in [-0.1, -0.05) is 39.5 Å². The molecular weight excluding hydrogens is 234 g/mol. The predicted molar refractivity (Wildman–Crippen MR) is 81.4 cm³/mol. The molecule has 1 N–H and O–H groups in total. The first-order valence-electron chi connectivity index (χ1n) is 8.08. The van der Waals surface area contributed by atoms with Crippen molar-refractivity contribution in [1.29, 1.82) is 0 Å². The van der Waals surface area contributed by atoms with Crippen LogP contribution in [0.3, 0.4) is 0 Å². The number of imidazole rings is 1. The van der Waals surface area contributed by atoms with E-state index in [-0.39, 0.29) is 0 Å². The molecule has 2 rings (SSSR count). The number of hydrogen-bond acceptors (Lipinski definition) is 2. The minimum absolute atomic E-state index is 0.846. The molecule has 0 spiro atoms. The van der Waals surface area contributed by atoms with Crippen LogP contribution in [-0.2, 0) is 6.54 Å². The first kappa shape index (κ1) is 14.4. The van der Waals surface area contributed by atoms with Crippen molar-refractivity contribution in [3.05, 3.63) is 12.4 Å². The van der Waals surface area contributed by atoms with Crippen LogP contribution in [0.4, 0.5) is 5.95 Å². The van der Waals surface area contributed by atoms with Crippen LogP contribution in [-0.4, -0.2) is 16.1 Å². The summed E-state index contributed by atoms with van der Waals surface area (Å²) in [6, 6.07) is 0. The van der Waals surface area contributed by atoms with Crippen LogP contribution in [0.5, 0.6) is 0 Å². The average molecular weight is 263 g/mol. The third-order valence-electron chi connectivity index (χ3n) is 4.56. The zero-order chi connectivity index (χ0) is 13.5. The summed E-state index contributed by atoms with van der Waals surface area (Å²) in [4.78, 5) is 4.44. The highest BCUT2D eigenvalue weighted by Gasteiger charge is 2.19. The van der Waals surface area contributed by atoms with Crippen molar-refractivity contribution in [2.45, 2.75) is 65.3 Å². The van der Waals surface area contributed by atoms with Gasteiger partial charge < -0.3 is 9.88 Å². The Bertz CT molecular complexity index is 351. The van der Waals surface area contributed by atoms with E-state index >= 15 is 0 Å². The molecule has 0 aromatic carbocycles. The fraction of sp³-hybridized carbons (Fsp3) is 0.812. The molecule has 0 saturated heterocycles. The molecule has 0 unspecified atom stereocenters. The van der Waals surface area contributed by atoms with E-state index in [0.29, 0.717) is 0 Å². The first-order chi connectivity index (χ1) is 9.33. The molecule has 0 bridgehead atoms. The molecule has 1 saturated carbocycles. The second-order valence-corrected chi connectivity index (χ2v) is 5.97. The van der Waals surface area contributed by atoms with Crippen molar-refractivity contribution in [1.82, 2.24) is 9.55 Å². The average Bonchev–Trinajstić information content (AvgIpc) is 2.91. The summed E-state index contributed by atoms with van der Waals surface area (Å²) in [6.45, 7) is 6.74. The third kappa shape index (κ3) is 4.26. The summed E-state index contributed by atoms with van der Waals surface area (Å²) in [7, 11) is 0. The predicted octanol–water partition coefficient (Wildman–Crippen LogP) is 4.31. The van der Waals surface area contributed by atoms with Crippen LogP contribution in [0, 0.1) is 11.8 Å². The molecule has 0 atom stereocenters. The van der Waals surface area contributed by atoms with E-state index in [1.165, 1.54) is 44.9 Å². The van der Waals surface area contributed by atoms with E-state index in [0.717, 1.165) is 30.9 Å². The van der Waals surface area contributed by atoms with Crippen molar-refractivity contribution in [2.75, 3.05) is 11.9 Å². The monoisotopic (exact) mass is 263 g/mol. The molecule has 1 aliphatic rings. The highest BCUT2D eigenvalue weighted by Crippen LogP contribution is 2.30. The smallest absolute Gasteiger partial charge is 0.202 e. The lowest BCUT2D eigenvalue weighted by Crippen LogP contribution is -2.22. The molecule has 1 heterocycles. The first-order valence-corrected chi connectivity index (χ1v) is 8.08. The number of unbranched alkanes of at least 4 members (excludes halogenated alkanes) is 1. The quantitative estimate of drug-likeness (QED) is 0.794. The summed E-state index contributed by atoms with van der Waals surface area (Å²) in [5, 5.41) is 3.56. The van der Waals surface area contributed by atoms with E-state index in [2.05, 4.69) is 34.9 Å². The number of aryl methyl sites for hydroxylation is 1. The highest BCUT2D eigenvalue weighted by molar-refractivity contribution is 5.25. The van der Waals surface area contributed by atoms with Crippen molar-refractivity contribution < 1.29 is 0 Å². The van der Waals surface area contributed by atoms with Gasteiger partial charge in [0.2, 0.25) is 5.95 Å². The van der Waals surface area contributed by atoms with E-state index in [9.17, 15) is 0 Å². The molecule has 0 radical (unpaired) electrons. The van der Waals surface area contributed by atoms with Gasteiger partial charge in [0.05, 0.1) is 0 Å². The zero-order valence-electron chi connectivity index (χ0n) is 12.6. The lowest BCUT2D eigenvalue weighted by atomic mass is 9.81. The van der Waals surface area contributed by atoms with Crippen LogP contribution in [0.2, 0.25) is 0 Å². The summed E-state index contributed by atoms with van der Waals surface area (Å²) in [5.41, 5.74) is 0. The molecule has 1 fully saturated rings. The minimum atomic E-state index is 0.846. The van der Waals surface area contributed by atoms with Crippen LogP contribution in [0.15, 0.2) is 12.4 Å². The largest absolute Gasteiger partial charge is 0.355 e. The number of anilines is 1. The summed E-state index contributed by atoms with van der Waals surface area (Å²) in [5.74, 6) is 2.90. The van der Waals surface area contributed by atoms with Gasteiger partial charge in [0.25, 0.3) is 0 Å². The van der Waals surface area contributed by atoms with Gasteiger partial charge in [-0.05, 0) is 31.1 Å². The molecule has 0 aliphatic heterocycles. The number of hydrogen-bond donors (Lipinski definition) is 1. The number of rotatable bonds is 7. The molecule has 1 aromatic heterocycles. The molecule has 1 aromatic rings. The van der Waals surface area contributed by atoms with Gasteiger partial charge in [0.15, 0.2) is 0 Å². The molecule has 1 aliphatic carbocycles. The van der Waals surface area contributed by atoms with Crippen molar-refractivity contribution in [2.24, 2.45) is 11.8 Å². The normalized spacial score (nSPS) is 23.5. The number of aromatic nitrogens is 2. The maximum absolute atomic E-state index is 4.44. The molecular formula is C16H29N3. The second kappa shape index (κ2) is 7.56. The fourth-order valence-electron chi connectivity index (χ4n) is 3.06. The Balaban J connectivity index is 1.75. The lowest BCUT2D eigenvalue weighted by Gasteiger charge is -2.28. The highest BCUT2D eigenvalue weighted by atomic mass is 15.2. The Morgan fingerprint density at radius 2 is 1.95 bits per heavy atom. The summed E-state index contributed by atoms with van der Waals surface area (Å²) in [6.07, 6.45) is 13.5. The molecule has 19 heavy (non-hydrogen) atoms. The molecule has 3 nitrogen and oxygen atoms in total. The van der Waals surface area contributed by atoms with Crippen molar-refractivity contribution in [3.8, 4) is 0 Å². The number of nitrogens with one attached hydrogen (secondary N) is 1. The van der Waals surface area contributed by atoms with E-state index in [1.807, 2.05) is 6.20 Å². The Morgan fingerprint density at radius 1 is 1.21 bits per heavy atom. The van der Waals surface area contributed by atoms with E-state index in [4.69, 9.17) is 0 Å². The maximum atomic E-state index is 4.44. The van der Waals surface area contributed by atoms with Crippen LogP contribution in [0.1, 0.15) is 58.8 Å². The standard InChI is InChI=1S/C16H29N3/c1-3-5-11-19-12-10-17-16(19)18-13-15-8-6-14(4-2)7-9-15/h10,12,14-15H,3-9,11,13H2,1-2H3,(H,17,18). The zero-order valence-corrected chi connectivity index (χ0v) is 12.6. The Hall–Kier alpha value is -0.990. The van der Waals surface area contributed by atoms with Gasteiger partial charge in [-0.3, -0.25) is 0 Å². The summed E-state index contributed by atoms with van der Waals surface area (Å²) < 4.78 is 2.25. The third-order valence-corrected chi connectivity index (χ3v) is 4.56. The van der Waals surface area contributed by atoms with Gasteiger partial charge in [-0.25, -0.2) is 4.98 Å². The number of nitrogens with zero attached hydrogens (tertiary/aromatic N) is 2. The van der Waals surface area contributed by atoms with Crippen molar-refractivity contribution in [3.63, 3.8) is 0 Å². The van der Waals surface area contributed by atoms with Gasteiger partial charge in [0.1, 0.15) is 0 Å².